The van der Waals surface area contributed by atoms with Crippen LogP contribution in [0.5, 0.6) is 5.75 Å². The van der Waals surface area contributed by atoms with Crippen molar-refractivity contribution >= 4 is 35.2 Å². The van der Waals surface area contributed by atoms with Crippen molar-refractivity contribution in [2.75, 3.05) is 18.6 Å². The molecule has 184 valence electrons. The molecule has 0 saturated heterocycles. The molecule has 0 saturated carbocycles. The van der Waals surface area contributed by atoms with E-state index in [9.17, 15) is 14.9 Å². The number of carboxylic acid groups (broad SMARTS) is 1. The van der Waals surface area contributed by atoms with Crippen molar-refractivity contribution < 1.29 is 19.4 Å². The van der Waals surface area contributed by atoms with Gasteiger partial charge in [0, 0.05) is 24.6 Å². The minimum absolute atomic E-state index is 0.00200. The smallest absolute Gasteiger partial charge is 0.303 e. The quantitative estimate of drug-likeness (QED) is 0.352. The number of nitrogens with zero attached hydrogens (tertiary/aromatic N) is 3. The number of carboxylic acids is 1. The van der Waals surface area contributed by atoms with Gasteiger partial charge in [0.25, 0.3) is 5.91 Å². The number of amides is 1. The van der Waals surface area contributed by atoms with Crippen LogP contribution in [0.4, 0.5) is 5.69 Å². The maximum Gasteiger partial charge on any atom is 0.303 e. The molecule has 0 aliphatic rings. The van der Waals surface area contributed by atoms with Gasteiger partial charge in [-0.05, 0) is 68.3 Å². The topological polar surface area (TPSA) is 104 Å². The first kappa shape index (κ1) is 26.5. The number of aromatic nitrogens is 1. The number of hydrogen-bond acceptors (Lipinski definition) is 5. The van der Waals surface area contributed by atoms with E-state index in [0.29, 0.717) is 51.0 Å². The lowest BCUT2D eigenvalue weighted by atomic mass is 10.0. The van der Waals surface area contributed by atoms with E-state index in [2.05, 4.69) is 11.1 Å². The summed E-state index contributed by atoms with van der Waals surface area (Å²) in [5.74, 6) is -0.733. The summed E-state index contributed by atoms with van der Waals surface area (Å²) in [7, 11) is 1.63. The Morgan fingerprint density at radius 2 is 1.97 bits per heavy atom. The molecule has 36 heavy (non-hydrogen) atoms. The van der Waals surface area contributed by atoms with Gasteiger partial charge in [0.15, 0.2) is 0 Å². The molecule has 0 spiro atoms. The fraction of sp³-hybridized carbons (Fsp3) is 0.214. The van der Waals surface area contributed by atoms with Gasteiger partial charge in [-0.25, -0.2) is 4.98 Å². The molecule has 0 atom stereocenters. The summed E-state index contributed by atoms with van der Waals surface area (Å²) in [5.41, 5.74) is 3.71. The van der Waals surface area contributed by atoms with E-state index >= 15 is 0 Å². The van der Waals surface area contributed by atoms with Gasteiger partial charge in [-0.2, -0.15) is 5.26 Å². The largest absolute Gasteiger partial charge is 0.491 e. The zero-order chi connectivity index (χ0) is 26.2. The first-order valence-corrected chi connectivity index (χ1v) is 11.7. The molecule has 1 heterocycles. The Bertz CT molecular complexity index is 1360. The molecule has 0 bridgehead atoms. The van der Waals surface area contributed by atoms with Crippen molar-refractivity contribution in [3.63, 3.8) is 0 Å². The van der Waals surface area contributed by atoms with Gasteiger partial charge in [0.1, 0.15) is 11.8 Å². The summed E-state index contributed by atoms with van der Waals surface area (Å²) in [6.45, 7) is 3.97. The molecule has 7 nitrogen and oxygen atoms in total. The number of ether oxygens (including phenoxy) is 1. The third-order valence-corrected chi connectivity index (χ3v) is 5.82. The molecular formula is C28H26ClN3O4. The highest BCUT2D eigenvalue weighted by molar-refractivity contribution is 6.33. The fourth-order valence-corrected chi connectivity index (χ4v) is 3.86. The third kappa shape index (κ3) is 6.09. The van der Waals surface area contributed by atoms with Crippen LogP contribution in [0.1, 0.15) is 46.9 Å². The van der Waals surface area contributed by atoms with Crippen LogP contribution in [0.25, 0.3) is 17.3 Å². The standard InChI is InChI=1S/C28H26ClN3O4/c1-4-8-23-18(2)15-20(17-30)27(31-23)21-16-19(12-13-22(21)29)28(35)32(3)24-9-5-6-10-25(24)36-14-7-11-26(33)34/h4-6,8-10,12-13,15-16H,7,11,14H2,1-3H3,(H,33,34)/b8-4-. The van der Waals surface area contributed by atoms with Crippen LogP contribution in [0.15, 0.2) is 54.6 Å². The second-order valence-electron chi connectivity index (χ2n) is 8.07. The minimum atomic E-state index is -0.891. The normalized spacial score (nSPS) is 10.8. The Kier molecular flexibility index (Phi) is 8.82. The number of nitriles is 1. The Balaban J connectivity index is 1.95. The van der Waals surface area contributed by atoms with E-state index < -0.39 is 5.97 Å². The van der Waals surface area contributed by atoms with Crippen molar-refractivity contribution in [3.8, 4) is 23.1 Å². The number of anilines is 1. The number of carbonyl (C=O) groups excluding carboxylic acids is 1. The van der Waals surface area contributed by atoms with Crippen LogP contribution in [-0.2, 0) is 4.79 Å². The van der Waals surface area contributed by atoms with Gasteiger partial charge in [-0.3, -0.25) is 9.59 Å². The number of hydrogen-bond donors (Lipinski definition) is 1. The summed E-state index contributed by atoms with van der Waals surface area (Å²) < 4.78 is 5.75. The number of rotatable bonds is 9. The molecular weight excluding hydrogens is 478 g/mol. The summed E-state index contributed by atoms with van der Waals surface area (Å²) >= 11 is 6.49. The summed E-state index contributed by atoms with van der Waals surface area (Å²) in [6.07, 6.45) is 4.06. The van der Waals surface area contributed by atoms with E-state index in [1.807, 2.05) is 26.0 Å². The lowest BCUT2D eigenvalue weighted by molar-refractivity contribution is -0.137. The van der Waals surface area contributed by atoms with Crippen LogP contribution < -0.4 is 9.64 Å². The number of benzene rings is 2. The predicted octanol–water partition coefficient (Wildman–Crippen LogP) is 6.14. The highest BCUT2D eigenvalue weighted by Gasteiger charge is 2.20. The maximum absolute atomic E-state index is 13.4. The Morgan fingerprint density at radius 1 is 1.22 bits per heavy atom. The van der Waals surface area contributed by atoms with Crippen LogP contribution in [0.2, 0.25) is 5.02 Å². The summed E-state index contributed by atoms with van der Waals surface area (Å²) in [5, 5.41) is 18.9. The highest BCUT2D eigenvalue weighted by Crippen LogP contribution is 2.33. The molecule has 3 rings (SSSR count). The number of carbonyl (C=O) groups is 2. The van der Waals surface area contributed by atoms with Crippen LogP contribution in [-0.4, -0.2) is 35.6 Å². The van der Waals surface area contributed by atoms with Crippen molar-refractivity contribution in [1.82, 2.24) is 4.98 Å². The molecule has 3 aromatic rings. The van der Waals surface area contributed by atoms with Crippen molar-refractivity contribution in [2.45, 2.75) is 26.7 Å². The van der Waals surface area contributed by atoms with Gasteiger partial charge in [0.2, 0.25) is 0 Å². The van der Waals surface area contributed by atoms with Gasteiger partial charge in [-0.1, -0.05) is 29.8 Å². The van der Waals surface area contributed by atoms with Gasteiger partial charge >= 0.3 is 5.97 Å². The van der Waals surface area contributed by atoms with E-state index in [4.69, 9.17) is 21.4 Å². The van der Waals surface area contributed by atoms with Crippen molar-refractivity contribution in [3.05, 3.63) is 82.0 Å². The number of aryl methyl sites for hydroxylation is 1. The van der Waals surface area contributed by atoms with E-state index in [0.717, 1.165) is 5.56 Å². The van der Waals surface area contributed by atoms with Gasteiger partial charge < -0.3 is 14.7 Å². The van der Waals surface area contributed by atoms with Crippen molar-refractivity contribution in [1.29, 1.82) is 5.26 Å². The Morgan fingerprint density at radius 3 is 2.67 bits per heavy atom. The number of pyridine rings is 1. The number of para-hydroxylation sites is 2. The van der Waals surface area contributed by atoms with Gasteiger partial charge in [-0.15, -0.1) is 0 Å². The molecule has 0 unspecified atom stereocenters. The molecule has 1 aromatic heterocycles. The fourth-order valence-electron chi connectivity index (χ4n) is 3.65. The second kappa shape index (κ2) is 12.0. The zero-order valence-electron chi connectivity index (χ0n) is 20.3. The molecule has 0 aliphatic carbocycles. The SMILES string of the molecule is C/C=C\c1nc(-c2cc(C(=O)N(C)c3ccccc3OCCCC(=O)O)ccc2Cl)c(C#N)cc1C. The van der Waals surface area contributed by atoms with E-state index in [1.165, 1.54) is 4.90 Å². The number of allylic oxidation sites excluding steroid dienone is 1. The van der Waals surface area contributed by atoms with Gasteiger partial charge in [0.05, 0.1) is 34.3 Å². The van der Waals surface area contributed by atoms with Crippen LogP contribution >= 0.6 is 11.6 Å². The van der Waals surface area contributed by atoms with Crippen LogP contribution in [0.3, 0.4) is 0 Å². The molecule has 0 fully saturated rings. The molecule has 1 amide bonds. The number of halogens is 1. The first-order chi connectivity index (χ1) is 17.3. The first-order valence-electron chi connectivity index (χ1n) is 11.3. The lowest BCUT2D eigenvalue weighted by Crippen LogP contribution is -2.26. The average molecular weight is 504 g/mol. The summed E-state index contributed by atoms with van der Waals surface area (Å²) in [4.78, 5) is 30.3. The maximum atomic E-state index is 13.4. The third-order valence-electron chi connectivity index (χ3n) is 5.49. The molecule has 1 N–H and O–H groups in total. The second-order valence-corrected chi connectivity index (χ2v) is 8.48. The van der Waals surface area contributed by atoms with E-state index in [1.54, 1.807) is 55.6 Å². The molecule has 8 heteroatoms. The summed E-state index contributed by atoms with van der Waals surface area (Å²) in [6, 6.07) is 15.8. The Labute approximate surface area is 215 Å². The van der Waals surface area contributed by atoms with E-state index in [-0.39, 0.29) is 18.9 Å². The van der Waals surface area contributed by atoms with Crippen molar-refractivity contribution in [2.24, 2.45) is 0 Å². The monoisotopic (exact) mass is 503 g/mol. The molecule has 0 radical (unpaired) electrons. The Hall–Kier alpha value is -4.15. The zero-order valence-corrected chi connectivity index (χ0v) is 21.0. The van der Waals surface area contributed by atoms with Crippen LogP contribution in [0, 0.1) is 18.3 Å². The highest BCUT2D eigenvalue weighted by atomic mass is 35.5. The lowest BCUT2D eigenvalue weighted by Gasteiger charge is -2.21. The average Bonchev–Trinajstić information content (AvgIpc) is 2.87. The number of aliphatic carboxylic acids is 1. The molecule has 0 aliphatic heterocycles. The molecule has 2 aromatic carbocycles. The minimum Gasteiger partial charge on any atom is -0.491 e. The predicted molar refractivity (Wildman–Crippen MR) is 140 cm³/mol.